The van der Waals surface area contributed by atoms with Crippen molar-refractivity contribution in [1.82, 2.24) is 5.32 Å². The molecule has 0 spiro atoms. The van der Waals surface area contributed by atoms with Gasteiger partial charge in [-0.15, -0.1) is 0 Å². The summed E-state index contributed by atoms with van der Waals surface area (Å²) in [6.07, 6.45) is -0.256. The number of nitrogens with zero attached hydrogens (tertiary/aromatic N) is 1. The fraction of sp³-hybridized carbons (Fsp3) is 0.412. The Morgan fingerprint density at radius 2 is 1.92 bits per heavy atom. The maximum Gasteiger partial charge on any atom is 0.326 e. The number of carboxylic acid groups (broad SMARTS) is 1. The number of benzene rings is 1. The second-order valence-electron chi connectivity index (χ2n) is 6.17. The summed E-state index contributed by atoms with van der Waals surface area (Å²) in [5.74, 6) is -2.56. The highest BCUT2D eigenvalue weighted by Crippen LogP contribution is 2.29. The standard InChI is InChI=1S/C17H21N3O5/c1-10(2)16(17(24)25)19-13(21)7-8-15(23)20-9-14(22)18-11-5-3-4-6-12(11)20/h3-6,10,16H,7-9H2,1-2H3,(H,18,22)(H,19,21)(H,24,25). The molecule has 134 valence electrons. The number of carbonyl (C=O) groups excluding carboxylic acids is 3. The van der Waals surface area contributed by atoms with Gasteiger partial charge >= 0.3 is 5.97 Å². The van der Waals surface area contributed by atoms with E-state index in [1.807, 2.05) is 0 Å². The molecule has 3 N–H and O–H groups in total. The molecule has 0 bridgehead atoms. The van der Waals surface area contributed by atoms with Crippen LogP contribution in [0, 0.1) is 5.92 Å². The molecule has 25 heavy (non-hydrogen) atoms. The highest BCUT2D eigenvalue weighted by Gasteiger charge is 2.28. The number of nitrogens with one attached hydrogen (secondary N) is 2. The maximum atomic E-state index is 12.4. The summed E-state index contributed by atoms with van der Waals surface area (Å²) >= 11 is 0. The third-order valence-corrected chi connectivity index (χ3v) is 3.89. The van der Waals surface area contributed by atoms with Gasteiger partial charge in [0.1, 0.15) is 12.6 Å². The van der Waals surface area contributed by atoms with E-state index >= 15 is 0 Å². The van der Waals surface area contributed by atoms with Crippen LogP contribution in [0.5, 0.6) is 0 Å². The van der Waals surface area contributed by atoms with Gasteiger partial charge in [0, 0.05) is 12.8 Å². The molecule has 8 heteroatoms. The number of hydrogen-bond acceptors (Lipinski definition) is 4. The normalized spacial score (nSPS) is 14.5. The van der Waals surface area contributed by atoms with Crippen LogP contribution < -0.4 is 15.5 Å². The van der Waals surface area contributed by atoms with Crippen LogP contribution in [0.1, 0.15) is 26.7 Å². The number of carbonyl (C=O) groups is 4. The monoisotopic (exact) mass is 347 g/mol. The van der Waals surface area contributed by atoms with Gasteiger partial charge in [-0.25, -0.2) is 4.79 Å². The summed E-state index contributed by atoms with van der Waals surface area (Å²) in [5, 5.41) is 14.2. The Kier molecular flexibility index (Phi) is 5.74. The number of carboxylic acids is 1. The van der Waals surface area contributed by atoms with Gasteiger partial charge in [0.2, 0.25) is 17.7 Å². The first-order valence-corrected chi connectivity index (χ1v) is 8.01. The molecule has 0 saturated heterocycles. The first kappa shape index (κ1) is 18.4. The topological polar surface area (TPSA) is 116 Å². The summed E-state index contributed by atoms with van der Waals surface area (Å²) < 4.78 is 0. The molecule has 8 nitrogen and oxygen atoms in total. The Morgan fingerprint density at radius 3 is 2.56 bits per heavy atom. The highest BCUT2D eigenvalue weighted by molar-refractivity contribution is 6.10. The minimum absolute atomic E-state index is 0.110. The fourth-order valence-corrected chi connectivity index (χ4v) is 2.57. The predicted octanol–water partition coefficient (Wildman–Crippen LogP) is 0.977. The smallest absolute Gasteiger partial charge is 0.326 e. The van der Waals surface area contributed by atoms with E-state index in [9.17, 15) is 19.2 Å². The molecule has 0 saturated carbocycles. The van der Waals surface area contributed by atoms with Crippen molar-refractivity contribution >= 4 is 35.1 Å². The van der Waals surface area contributed by atoms with Crippen molar-refractivity contribution in [2.45, 2.75) is 32.7 Å². The Bertz CT molecular complexity index is 701. The number of aliphatic carboxylic acids is 1. The summed E-state index contributed by atoms with van der Waals surface area (Å²) in [7, 11) is 0. The Hall–Kier alpha value is -2.90. The van der Waals surface area contributed by atoms with Gasteiger partial charge < -0.3 is 20.6 Å². The first-order chi connectivity index (χ1) is 11.8. The molecule has 1 aliphatic rings. The third-order valence-electron chi connectivity index (χ3n) is 3.89. The van der Waals surface area contributed by atoms with Crippen LogP contribution >= 0.6 is 0 Å². The van der Waals surface area contributed by atoms with Crippen LogP contribution in [0.15, 0.2) is 24.3 Å². The van der Waals surface area contributed by atoms with E-state index in [0.717, 1.165) is 0 Å². The van der Waals surface area contributed by atoms with E-state index in [1.165, 1.54) is 4.90 Å². The van der Waals surface area contributed by atoms with Crippen LogP contribution in [0.3, 0.4) is 0 Å². The molecule has 1 aliphatic heterocycles. The van der Waals surface area contributed by atoms with Gasteiger partial charge in [0.05, 0.1) is 11.4 Å². The summed E-state index contributed by atoms with van der Waals surface area (Å²) in [6, 6.07) is 5.91. The molecule has 1 aromatic rings. The quantitative estimate of drug-likeness (QED) is 0.709. The molecule has 1 heterocycles. The van der Waals surface area contributed by atoms with Crippen LogP contribution in [0.2, 0.25) is 0 Å². The molecule has 0 aromatic heterocycles. The van der Waals surface area contributed by atoms with Crippen molar-refractivity contribution in [3.8, 4) is 0 Å². The zero-order chi connectivity index (χ0) is 18.6. The molecule has 1 atom stereocenters. The predicted molar refractivity (Wildman–Crippen MR) is 91.1 cm³/mol. The van der Waals surface area contributed by atoms with E-state index in [2.05, 4.69) is 10.6 Å². The van der Waals surface area contributed by atoms with Gasteiger partial charge in [-0.3, -0.25) is 14.4 Å². The number of anilines is 2. The summed E-state index contributed by atoms with van der Waals surface area (Å²) in [6.45, 7) is 3.27. The SMILES string of the molecule is CC(C)C(NC(=O)CCC(=O)N1CC(=O)Nc2ccccc21)C(=O)O. The molecule has 1 unspecified atom stereocenters. The first-order valence-electron chi connectivity index (χ1n) is 8.01. The van der Waals surface area contributed by atoms with E-state index in [1.54, 1.807) is 38.1 Å². The van der Waals surface area contributed by atoms with Crippen LogP contribution in [-0.4, -0.2) is 41.4 Å². The van der Waals surface area contributed by atoms with E-state index in [-0.39, 0.29) is 37.1 Å². The van der Waals surface area contributed by atoms with Gasteiger partial charge in [-0.1, -0.05) is 26.0 Å². The lowest BCUT2D eigenvalue weighted by Crippen LogP contribution is -2.45. The molecule has 1 aromatic carbocycles. The lowest BCUT2D eigenvalue weighted by molar-refractivity contribution is -0.143. The van der Waals surface area contributed by atoms with Crippen molar-refractivity contribution in [1.29, 1.82) is 0 Å². The average molecular weight is 347 g/mol. The largest absolute Gasteiger partial charge is 0.480 e. The Labute approximate surface area is 145 Å². The third kappa shape index (κ3) is 4.56. The lowest BCUT2D eigenvalue weighted by atomic mass is 10.0. The molecule has 0 radical (unpaired) electrons. The fourth-order valence-electron chi connectivity index (χ4n) is 2.57. The summed E-state index contributed by atoms with van der Waals surface area (Å²) in [5.41, 5.74) is 1.13. The number of hydrogen-bond donors (Lipinski definition) is 3. The lowest BCUT2D eigenvalue weighted by Gasteiger charge is -2.29. The van der Waals surface area contributed by atoms with Gasteiger partial charge in [-0.2, -0.15) is 0 Å². The van der Waals surface area contributed by atoms with Crippen molar-refractivity contribution in [2.75, 3.05) is 16.8 Å². The van der Waals surface area contributed by atoms with E-state index in [4.69, 9.17) is 5.11 Å². The number of fused-ring (bicyclic) bond motifs is 1. The molecule has 0 aliphatic carbocycles. The summed E-state index contributed by atoms with van der Waals surface area (Å²) in [4.78, 5) is 48.5. The molecule has 3 amide bonds. The molecule has 0 fully saturated rings. The minimum Gasteiger partial charge on any atom is -0.480 e. The Morgan fingerprint density at radius 1 is 1.24 bits per heavy atom. The number of amides is 3. The maximum absolute atomic E-state index is 12.4. The van der Waals surface area contributed by atoms with E-state index in [0.29, 0.717) is 11.4 Å². The number of rotatable bonds is 6. The van der Waals surface area contributed by atoms with Crippen LogP contribution in [0.25, 0.3) is 0 Å². The average Bonchev–Trinajstić information content (AvgIpc) is 2.56. The molecule has 2 rings (SSSR count). The van der Waals surface area contributed by atoms with Crippen molar-refractivity contribution in [3.63, 3.8) is 0 Å². The van der Waals surface area contributed by atoms with Gasteiger partial charge in [0.15, 0.2) is 0 Å². The Balaban J connectivity index is 1.98. The van der Waals surface area contributed by atoms with Crippen molar-refractivity contribution < 1.29 is 24.3 Å². The second-order valence-corrected chi connectivity index (χ2v) is 6.17. The van der Waals surface area contributed by atoms with E-state index < -0.39 is 17.9 Å². The second kappa shape index (κ2) is 7.78. The molecular weight excluding hydrogens is 326 g/mol. The van der Waals surface area contributed by atoms with Crippen LogP contribution in [0.4, 0.5) is 11.4 Å². The zero-order valence-electron chi connectivity index (χ0n) is 14.1. The zero-order valence-corrected chi connectivity index (χ0v) is 14.1. The van der Waals surface area contributed by atoms with Gasteiger partial charge in [0.25, 0.3) is 0 Å². The number of para-hydroxylation sites is 2. The highest BCUT2D eigenvalue weighted by atomic mass is 16.4. The van der Waals surface area contributed by atoms with Crippen molar-refractivity contribution in [3.05, 3.63) is 24.3 Å². The molecular formula is C17H21N3O5. The van der Waals surface area contributed by atoms with Crippen LogP contribution in [-0.2, 0) is 19.2 Å². The van der Waals surface area contributed by atoms with Crippen molar-refractivity contribution in [2.24, 2.45) is 5.92 Å². The van der Waals surface area contributed by atoms with Gasteiger partial charge in [-0.05, 0) is 18.1 Å². The minimum atomic E-state index is -1.11.